The van der Waals surface area contributed by atoms with Gasteiger partial charge in [-0.25, -0.2) is 0 Å². The third-order valence-electron chi connectivity index (χ3n) is 12.6. The molecule has 0 aliphatic carbocycles. The van der Waals surface area contributed by atoms with Gasteiger partial charge in [-0.15, -0.1) is 0 Å². The lowest BCUT2D eigenvalue weighted by molar-refractivity contribution is -0.870. The highest BCUT2D eigenvalue weighted by Crippen LogP contribution is 2.38. The van der Waals surface area contributed by atoms with Gasteiger partial charge >= 0.3 is 0 Å². The van der Waals surface area contributed by atoms with E-state index in [-0.39, 0.29) is 19.1 Å². The van der Waals surface area contributed by atoms with Gasteiger partial charge in [0.05, 0.1) is 39.9 Å². The van der Waals surface area contributed by atoms with E-state index in [0.717, 1.165) is 77.0 Å². The van der Waals surface area contributed by atoms with Crippen molar-refractivity contribution in [3.05, 3.63) is 85.1 Å². The Hall–Kier alpha value is -2.32. The van der Waals surface area contributed by atoms with Gasteiger partial charge in [0.15, 0.2) is 0 Å². The number of phosphoric ester groups is 1. The van der Waals surface area contributed by atoms with Crippen LogP contribution in [0.1, 0.15) is 245 Å². The van der Waals surface area contributed by atoms with Gasteiger partial charge in [-0.3, -0.25) is 9.36 Å². The van der Waals surface area contributed by atoms with E-state index in [1.165, 1.54) is 148 Å². The van der Waals surface area contributed by atoms with E-state index in [0.29, 0.717) is 17.4 Å². The number of carbonyl (C=O) groups excluding carboxylic acids is 1. The van der Waals surface area contributed by atoms with Gasteiger partial charge in [0, 0.05) is 6.42 Å². The molecule has 8 nitrogen and oxygen atoms in total. The molecular formula is C61H111N2O6P. The molecule has 0 saturated carbocycles. The summed E-state index contributed by atoms with van der Waals surface area (Å²) in [5.41, 5.74) is 0. The summed E-state index contributed by atoms with van der Waals surface area (Å²) in [6, 6.07) is -0.884. The predicted octanol–water partition coefficient (Wildman–Crippen LogP) is 17.0. The molecule has 0 rings (SSSR count). The number of nitrogens with one attached hydrogen (secondary N) is 1. The van der Waals surface area contributed by atoms with Gasteiger partial charge in [-0.05, 0) is 70.6 Å². The highest BCUT2D eigenvalue weighted by Gasteiger charge is 2.23. The van der Waals surface area contributed by atoms with E-state index in [4.69, 9.17) is 9.05 Å². The number of phosphoric acid groups is 1. The molecule has 0 aromatic rings. The summed E-state index contributed by atoms with van der Waals surface area (Å²) in [7, 11) is 1.26. The van der Waals surface area contributed by atoms with Gasteiger partial charge in [0.2, 0.25) is 5.91 Å². The molecule has 0 aliphatic rings. The molecule has 3 unspecified atom stereocenters. The molecule has 0 aliphatic heterocycles. The first-order valence-corrected chi connectivity index (χ1v) is 30.4. The van der Waals surface area contributed by atoms with E-state index in [1.807, 2.05) is 27.2 Å². The fraction of sp³-hybridized carbons (Fsp3) is 0.754. The van der Waals surface area contributed by atoms with E-state index in [2.05, 4.69) is 92.1 Å². The predicted molar refractivity (Wildman–Crippen MR) is 302 cm³/mol. The van der Waals surface area contributed by atoms with Crippen molar-refractivity contribution in [2.75, 3.05) is 40.9 Å². The van der Waals surface area contributed by atoms with Crippen LogP contribution >= 0.6 is 7.82 Å². The number of rotatable bonds is 52. The maximum atomic E-state index is 12.9. The summed E-state index contributed by atoms with van der Waals surface area (Å²) < 4.78 is 23.1. The number of amides is 1. The number of allylic oxidation sites excluding steroid dienone is 13. The Labute approximate surface area is 433 Å². The summed E-state index contributed by atoms with van der Waals surface area (Å²) in [4.78, 5) is 25.3. The summed E-state index contributed by atoms with van der Waals surface area (Å²) in [5, 5.41) is 13.7. The summed E-state index contributed by atoms with van der Waals surface area (Å²) in [6.45, 7) is 4.47. The largest absolute Gasteiger partial charge is 0.756 e. The average molecular weight is 1000 g/mol. The van der Waals surface area contributed by atoms with Crippen molar-refractivity contribution in [3.8, 4) is 0 Å². The third kappa shape index (κ3) is 53.5. The van der Waals surface area contributed by atoms with Crippen LogP contribution in [0.25, 0.3) is 0 Å². The molecule has 3 atom stereocenters. The Balaban J connectivity index is 3.78. The molecular weight excluding hydrogens is 888 g/mol. The zero-order valence-corrected chi connectivity index (χ0v) is 47.1. The first-order valence-electron chi connectivity index (χ1n) is 28.9. The fourth-order valence-corrected chi connectivity index (χ4v) is 8.82. The van der Waals surface area contributed by atoms with Crippen LogP contribution in [0, 0.1) is 0 Å². The number of aliphatic hydroxyl groups excluding tert-OH is 1. The Morgan fingerprint density at radius 2 is 0.871 bits per heavy atom. The number of aliphatic hydroxyl groups is 1. The fourth-order valence-electron chi connectivity index (χ4n) is 8.10. The topological polar surface area (TPSA) is 108 Å². The van der Waals surface area contributed by atoms with Gasteiger partial charge in [0.1, 0.15) is 13.2 Å². The highest BCUT2D eigenvalue weighted by atomic mass is 31.2. The summed E-state index contributed by atoms with van der Waals surface area (Å²) in [6.07, 6.45) is 72.9. The van der Waals surface area contributed by atoms with Crippen LogP contribution in [0.3, 0.4) is 0 Å². The number of hydrogen-bond donors (Lipinski definition) is 2. The maximum Gasteiger partial charge on any atom is 0.268 e. The SMILES string of the molecule is CC/C=C\C/C=C\C/C=C\C/C=C\C/C=C\C/C=C\CCCCCCCCCCCCCCCCCCCCCCCCC(=O)NC(COP(=O)([O-])OCC[N+](C)(C)C)C(O)/C=C/CCCCCCC. The van der Waals surface area contributed by atoms with E-state index in [1.54, 1.807) is 6.08 Å². The third-order valence-corrected chi connectivity index (χ3v) is 13.6. The first-order chi connectivity index (χ1) is 34.0. The van der Waals surface area contributed by atoms with E-state index in [9.17, 15) is 19.4 Å². The number of unbranched alkanes of at least 4 members (excludes halogenated alkanes) is 27. The highest BCUT2D eigenvalue weighted by molar-refractivity contribution is 7.45. The Bertz CT molecular complexity index is 1410. The first kappa shape index (κ1) is 67.7. The molecule has 0 saturated heterocycles. The Kier molecular flexibility index (Phi) is 49.9. The zero-order valence-electron chi connectivity index (χ0n) is 46.2. The van der Waals surface area contributed by atoms with Crippen LogP contribution in [-0.2, 0) is 18.4 Å². The minimum atomic E-state index is -4.58. The molecule has 0 radical (unpaired) electrons. The summed E-state index contributed by atoms with van der Waals surface area (Å²) in [5.74, 6) is -0.201. The van der Waals surface area contributed by atoms with Crippen molar-refractivity contribution in [1.82, 2.24) is 5.32 Å². The number of carbonyl (C=O) groups is 1. The van der Waals surface area contributed by atoms with Crippen LogP contribution in [-0.4, -0.2) is 68.5 Å². The van der Waals surface area contributed by atoms with Crippen LogP contribution in [0.5, 0.6) is 0 Å². The molecule has 0 fully saturated rings. The van der Waals surface area contributed by atoms with Crippen LogP contribution in [0.2, 0.25) is 0 Å². The normalized spacial score (nSPS) is 14.6. The van der Waals surface area contributed by atoms with Crippen molar-refractivity contribution < 1.29 is 32.9 Å². The molecule has 0 aromatic carbocycles. The molecule has 0 bridgehead atoms. The number of nitrogens with zero attached hydrogens (tertiary/aromatic N) is 1. The zero-order chi connectivity index (χ0) is 51.3. The second kappa shape index (κ2) is 51.6. The molecule has 9 heteroatoms. The monoisotopic (exact) mass is 999 g/mol. The Morgan fingerprint density at radius 1 is 0.514 bits per heavy atom. The molecule has 0 aromatic heterocycles. The summed E-state index contributed by atoms with van der Waals surface area (Å²) >= 11 is 0. The number of hydrogen-bond acceptors (Lipinski definition) is 6. The van der Waals surface area contributed by atoms with Gasteiger partial charge in [-0.2, -0.15) is 0 Å². The van der Waals surface area contributed by atoms with Crippen LogP contribution in [0.15, 0.2) is 85.1 Å². The standard InChI is InChI=1S/C61H111N2O6P/c1-6-8-10-12-14-15-16-17-18-19-20-21-22-23-24-25-26-27-28-29-30-31-32-33-34-35-36-37-38-39-40-41-42-43-44-45-46-47-49-51-53-55-61(65)62-59(60(64)54-52-50-48-13-11-9-7-2)58-69-70(66,67)68-57-56-63(3,4)5/h8,10,14-15,17-18,20-21,23-24,26-27,52,54,59-60,64H,6-7,9,11-13,16,19,22,25,28-51,53,55-58H2,1-5H3,(H-,62,65,66,67)/b10-8-,15-14-,18-17-,21-20-,24-23-,27-26-,54-52+. The second-order valence-corrected chi connectivity index (χ2v) is 22.0. The minimum Gasteiger partial charge on any atom is -0.756 e. The second-order valence-electron chi connectivity index (χ2n) is 20.6. The lowest BCUT2D eigenvalue weighted by Crippen LogP contribution is -2.45. The molecule has 0 heterocycles. The molecule has 0 spiro atoms. The van der Waals surface area contributed by atoms with Crippen molar-refractivity contribution >= 4 is 13.7 Å². The molecule has 406 valence electrons. The van der Waals surface area contributed by atoms with Crippen molar-refractivity contribution in [3.63, 3.8) is 0 Å². The lowest BCUT2D eigenvalue weighted by atomic mass is 10.0. The van der Waals surface area contributed by atoms with Crippen LogP contribution in [0.4, 0.5) is 0 Å². The van der Waals surface area contributed by atoms with E-state index < -0.39 is 20.0 Å². The molecule has 2 N–H and O–H groups in total. The maximum absolute atomic E-state index is 12.9. The average Bonchev–Trinajstić information content (AvgIpc) is 3.32. The smallest absolute Gasteiger partial charge is 0.268 e. The minimum absolute atomic E-state index is 0.00216. The lowest BCUT2D eigenvalue weighted by Gasteiger charge is -2.29. The van der Waals surface area contributed by atoms with Crippen molar-refractivity contribution in [1.29, 1.82) is 0 Å². The number of likely N-dealkylation sites (N-methyl/N-ethyl adjacent to an activating group) is 1. The van der Waals surface area contributed by atoms with E-state index >= 15 is 0 Å². The number of quaternary nitrogens is 1. The van der Waals surface area contributed by atoms with Crippen molar-refractivity contribution in [2.45, 2.75) is 257 Å². The molecule has 70 heavy (non-hydrogen) atoms. The van der Waals surface area contributed by atoms with Crippen LogP contribution < -0.4 is 10.2 Å². The van der Waals surface area contributed by atoms with Gasteiger partial charge in [-0.1, -0.05) is 253 Å². The van der Waals surface area contributed by atoms with Gasteiger partial charge in [0.25, 0.3) is 7.82 Å². The Morgan fingerprint density at radius 3 is 1.27 bits per heavy atom. The quantitative estimate of drug-likeness (QED) is 0.0272. The molecule has 1 amide bonds. The van der Waals surface area contributed by atoms with Crippen molar-refractivity contribution in [2.24, 2.45) is 0 Å². The van der Waals surface area contributed by atoms with Gasteiger partial charge < -0.3 is 28.8 Å².